The lowest BCUT2D eigenvalue weighted by Gasteiger charge is -2.05. The van der Waals surface area contributed by atoms with Crippen LogP contribution in [-0.4, -0.2) is 12.6 Å². The Morgan fingerprint density at radius 1 is 0.667 bits per heavy atom. The van der Waals surface area contributed by atoms with E-state index < -0.39 is 0 Å². The molecule has 0 heterocycles. The Morgan fingerprint density at radius 2 is 1.11 bits per heavy atom. The fourth-order valence-electron chi connectivity index (χ4n) is 3.47. The molecule has 27 heavy (non-hydrogen) atoms. The molecule has 0 aliphatic carbocycles. The third-order valence-corrected chi connectivity index (χ3v) is 5.30. The molecule has 0 radical (unpaired) electrons. The van der Waals surface area contributed by atoms with E-state index in [1.54, 1.807) is 0 Å². The second-order valence-corrected chi connectivity index (χ2v) is 8.06. The van der Waals surface area contributed by atoms with Crippen LogP contribution >= 0.6 is 0 Å². The summed E-state index contributed by atoms with van der Waals surface area (Å²) in [7, 11) is 0. The lowest BCUT2D eigenvalue weighted by Crippen LogP contribution is -2.05. The summed E-state index contributed by atoms with van der Waals surface area (Å²) in [5, 5.41) is 0. The van der Waals surface area contributed by atoms with Gasteiger partial charge in [0.15, 0.2) is 0 Å². The van der Waals surface area contributed by atoms with Crippen molar-refractivity contribution in [2.24, 2.45) is 0 Å². The molecule has 0 aliphatic heterocycles. The van der Waals surface area contributed by atoms with Crippen molar-refractivity contribution < 1.29 is 9.53 Å². The van der Waals surface area contributed by atoms with Gasteiger partial charge < -0.3 is 4.74 Å². The Balaban J connectivity index is 3.14. The zero-order chi connectivity index (χ0) is 19.8. The van der Waals surface area contributed by atoms with Crippen molar-refractivity contribution in [1.82, 2.24) is 0 Å². The third-order valence-electron chi connectivity index (χ3n) is 5.30. The van der Waals surface area contributed by atoms with Crippen LogP contribution in [0, 0.1) is 0 Å². The molecular weight excluding hydrogens is 332 g/mol. The van der Waals surface area contributed by atoms with E-state index >= 15 is 0 Å². The van der Waals surface area contributed by atoms with E-state index in [-0.39, 0.29) is 5.97 Å². The molecule has 0 aliphatic rings. The van der Waals surface area contributed by atoms with Crippen molar-refractivity contribution in [2.75, 3.05) is 6.61 Å². The molecule has 160 valence electrons. The largest absolute Gasteiger partial charge is 0.466 e. The molecular formula is C25H48O2. The van der Waals surface area contributed by atoms with Crippen LogP contribution in [0.5, 0.6) is 0 Å². The first kappa shape index (κ1) is 26.2. The Morgan fingerprint density at radius 3 is 1.63 bits per heavy atom. The highest BCUT2D eigenvalue weighted by atomic mass is 16.5. The monoisotopic (exact) mass is 380 g/mol. The van der Waals surface area contributed by atoms with Crippen molar-refractivity contribution >= 4 is 5.97 Å². The van der Waals surface area contributed by atoms with Crippen molar-refractivity contribution in [3.05, 3.63) is 12.7 Å². The summed E-state index contributed by atoms with van der Waals surface area (Å²) in [4.78, 5) is 11.7. The lowest BCUT2D eigenvalue weighted by molar-refractivity contribution is -0.143. The number of rotatable bonds is 22. The van der Waals surface area contributed by atoms with E-state index in [4.69, 9.17) is 4.74 Å². The van der Waals surface area contributed by atoms with Crippen LogP contribution in [0.1, 0.15) is 135 Å². The summed E-state index contributed by atoms with van der Waals surface area (Å²) in [6, 6.07) is 0. The molecule has 2 heteroatoms. The number of ether oxygens (including phenoxy) is 1. The molecule has 0 unspecified atom stereocenters. The Bertz CT molecular complexity index is 311. The van der Waals surface area contributed by atoms with Crippen LogP contribution in [-0.2, 0) is 9.53 Å². The van der Waals surface area contributed by atoms with Gasteiger partial charge in [-0.1, -0.05) is 109 Å². The molecule has 0 saturated heterocycles. The number of carbonyl (C=O) groups is 1. The summed E-state index contributed by atoms with van der Waals surface area (Å²) >= 11 is 0. The van der Waals surface area contributed by atoms with Crippen molar-refractivity contribution in [1.29, 1.82) is 0 Å². The minimum absolute atomic E-state index is 0.00958. The van der Waals surface area contributed by atoms with Crippen LogP contribution in [0.4, 0.5) is 0 Å². The minimum atomic E-state index is 0.00958. The highest BCUT2D eigenvalue weighted by Crippen LogP contribution is 2.12. The first-order valence-electron chi connectivity index (χ1n) is 12.1. The van der Waals surface area contributed by atoms with Crippen molar-refractivity contribution in [3.63, 3.8) is 0 Å². The zero-order valence-electron chi connectivity index (χ0n) is 18.5. The summed E-state index contributed by atoms with van der Waals surface area (Å²) < 4.78 is 5.34. The summed E-state index contributed by atoms with van der Waals surface area (Å²) in [6.07, 6.45) is 27.0. The number of carbonyl (C=O) groups excluding carboxylic acids is 1. The van der Waals surface area contributed by atoms with Crippen LogP contribution in [0.15, 0.2) is 12.7 Å². The minimum Gasteiger partial charge on any atom is -0.466 e. The van der Waals surface area contributed by atoms with Gasteiger partial charge in [0.2, 0.25) is 0 Å². The highest BCUT2D eigenvalue weighted by Gasteiger charge is 2.02. The standard InChI is InChI=1S/C25H48O2/c1-3-5-7-9-11-13-14-15-17-19-21-23-25(26)27-24-22-20-18-16-12-10-8-6-4-2/h4H,2-3,5-24H2,1H3. The maximum Gasteiger partial charge on any atom is 0.305 e. The second-order valence-electron chi connectivity index (χ2n) is 8.06. The molecule has 0 amide bonds. The first-order chi connectivity index (χ1) is 13.3. The molecule has 0 spiro atoms. The normalized spacial score (nSPS) is 10.9. The van der Waals surface area contributed by atoms with E-state index in [1.807, 2.05) is 6.08 Å². The van der Waals surface area contributed by atoms with Gasteiger partial charge in [-0.3, -0.25) is 4.79 Å². The molecule has 0 atom stereocenters. The Labute approximate surface area is 170 Å². The van der Waals surface area contributed by atoms with E-state index in [0.717, 1.165) is 19.3 Å². The third kappa shape index (κ3) is 23.2. The van der Waals surface area contributed by atoms with Crippen LogP contribution < -0.4 is 0 Å². The Kier molecular flexibility index (Phi) is 22.6. The molecule has 0 aromatic rings. The SMILES string of the molecule is C=CCCCCCCCCCOC(=O)CCCCCCCCCCCCC. The first-order valence-corrected chi connectivity index (χ1v) is 12.1. The van der Waals surface area contributed by atoms with Crippen molar-refractivity contribution in [3.8, 4) is 0 Å². The van der Waals surface area contributed by atoms with E-state index in [2.05, 4.69) is 13.5 Å². The summed E-state index contributed by atoms with van der Waals surface area (Å²) in [5.41, 5.74) is 0. The Hall–Kier alpha value is -0.790. The molecule has 0 aromatic heterocycles. The van der Waals surface area contributed by atoms with Crippen LogP contribution in [0.3, 0.4) is 0 Å². The van der Waals surface area contributed by atoms with Crippen LogP contribution in [0.2, 0.25) is 0 Å². The van der Waals surface area contributed by atoms with E-state index in [9.17, 15) is 4.79 Å². The van der Waals surface area contributed by atoms with Crippen LogP contribution in [0.25, 0.3) is 0 Å². The van der Waals surface area contributed by atoms with Gasteiger partial charge in [0.1, 0.15) is 0 Å². The topological polar surface area (TPSA) is 26.3 Å². The molecule has 0 N–H and O–H groups in total. The number of hydrogen-bond acceptors (Lipinski definition) is 2. The predicted molar refractivity (Wildman–Crippen MR) is 119 cm³/mol. The van der Waals surface area contributed by atoms with Gasteiger partial charge in [-0.25, -0.2) is 0 Å². The predicted octanol–water partition coefficient (Wildman–Crippen LogP) is 8.54. The smallest absolute Gasteiger partial charge is 0.305 e. The fraction of sp³-hybridized carbons (Fsp3) is 0.880. The zero-order valence-corrected chi connectivity index (χ0v) is 18.5. The van der Waals surface area contributed by atoms with Gasteiger partial charge in [0, 0.05) is 6.42 Å². The molecule has 0 fully saturated rings. The quantitative estimate of drug-likeness (QED) is 0.107. The molecule has 0 bridgehead atoms. The van der Waals surface area contributed by atoms with E-state index in [0.29, 0.717) is 13.0 Å². The van der Waals surface area contributed by atoms with Gasteiger partial charge in [-0.2, -0.15) is 0 Å². The molecule has 0 saturated carbocycles. The average molecular weight is 381 g/mol. The van der Waals surface area contributed by atoms with Crippen molar-refractivity contribution in [2.45, 2.75) is 135 Å². The van der Waals surface area contributed by atoms with Gasteiger partial charge in [0.25, 0.3) is 0 Å². The number of hydrogen-bond donors (Lipinski definition) is 0. The fourth-order valence-corrected chi connectivity index (χ4v) is 3.47. The van der Waals surface area contributed by atoms with Gasteiger partial charge >= 0.3 is 5.97 Å². The summed E-state index contributed by atoms with van der Waals surface area (Å²) in [5.74, 6) is 0.00958. The van der Waals surface area contributed by atoms with E-state index in [1.165, 1.54) is 103 Å². The van der Waals surface area contributed by atoms with Gasteiger partial charge in [0.05, 0.1) is 6.61 Å². The van der Waals surface area contributed by atoms with Gasteiger partial charge in [-0.15, -0.1) is 6.58 Å². The highest BCUT2D eigenvalue weighted by molar-refractivity contribution is 5.69. The second kappa shape index (κ2) is 23.2. The molecule has 0 aromatic carbocycles. The van der Waals surface area contributed by atoms with Gasteiger partial charge in [-0.05, 0) is 25.7 Å². The number of allylic oxidation sites excluding steroid dienone is 1. The lowest BCUT2D eigenvalue weighted by atomic mass is 10.1. The number of unbranched alkanes of at least 4 members (excludes halogenated alkanes) is 17. The molecule has 2 nitrogen and oxygen atoms in total. The maximum atomic E-state index is 11.7. The summed E-state index contributed by atoms with van der Waals surface area (Å²) in [6.45, 7) is 6.64. The maximum absolute atomic E-state index is 11.7. The number of esters is 1. The molecule has 0 rings (SSSR count). The average Bonchev–Trinajstić information content (AvgIpc) is 2.67.